The van der Waals surface area contributed by atoms with Crippen LogP contribution in [0.25, 0.3) is 0 Å². The molecule has 0 fully saturated rings. The van der Waals surface area contributed by atoms with Crippen LogP contribution in [0.5, 0.6) is 11.6 Å². The maximum absolute atomic E-state index is 13.3. The molecule has 0 saturated heterocycles. The Kier molecular flexibility index (Phi) is 5.28. The Morgan fingerprint density at radius 1 is 1.29 bits per heavy atom. The summed E-state index contributed by atoms with van der Waals surface area (Å²) >= 11 is 0. The minimum Gasteiger partial charge on any atom is -0.438 e. The molecule has 0 unspecified atom stereocenters. The Morgan fingerprint density at radius 2 is 2.10 bits per heavy atom. The van der Waals surface area contributed by atoms with Gasteiger partial charge in [0.25, 0.3) is 0 Å². The summed E-state index contributed by atoms with van der Waals surface area (Å²) in [6.45, 7) is 7.80. The number of hydrogen-bond acceptors (Lipinski definition) is 3. The molecule has 2 rings (SSSR count). The Morgan fingerprint density at radius 3 is 2.86 bits per heavy atom. The molecule has 0 atom stereocenters. The largest absolute Gasteiger partial charge is 0.438 e. The summed E-state index contributed by atoms with van der Waals surface area (Å²) in [6.07, 6.45) is 1.68. The molecule has 0 radical (unpaired) electrons. The standard InChI is InChI=1S/C17H21FN2O/c1-12(2)10-19-11-14-5-4-8-20-17(14)21-16-9-15(18)7-6-13(16)3/h4-9,12,19H,10-11H2,1-3H3. The van der Waals surface area contributed by atoms with Crippen molar-refractivity contribution in [2.45, 2.75) is 27.3 Å². The number of halogens is 1. The van der Waals surface area contributed by atoms with Crippen LogP contribution in [0.15, 0.2) is 36.5 Å². The van der Waals surface area contributed by atoms with Crippen LogP contribution >= 0.6 is 0 Å². The van der Waals surface area contributed by atoms with Gasteiger partial charge in [0.15, 0.2) is 0 Å². The Bertz CT molecular complexity index is 599. The predicted octanol–water partition coefficient (Wildman–Crippen LogP) is 4.07. The fourth-order valence-corrected chi connectivity index (χ4v) is 1.93. The highest BCUT2D eigenvalue weighted by Crippen LogP contribution is 2.26. The first-order valence-electron chi connectivity index (χ1n) is 7.15. The lowest BCUT2D eigenvalue weighted by Crippen LogP contribution is -2.19. The molecule has 0 bridgehead atoms. The van der Waals surface area contributed by atoms with E-state index in [1.54, 1.807) is 12.3 Å². The van der Waals surface area contributed by atoms with Gasteiger partial charge >= 0.3 is 0 Å². The van der Waals surface area contributed by atoms with Gasteiger partial charge in [-0.2, -0.15) is 0 Å². The first-order valence-corrected chi connectivity index (χ1v) is 7.15. The average Bonchev–Trinajstić information content (AvgIpc) is 2.44. The van der Waals surface area contributed by atoms with Crippen molar-refractivity contribution in [2.75, 3.05) is 6.54 Å². The van der Waals surface area contributed by atoms with E-state index < -0.39 is 0 Å². The van der Waals surface area contributed by atoms with Crippen molar-refractivity contribution in [1.82, 2.24) is 10.3 Å². The van der Waals surface area contributed by atoms with Crippen LogP contribution < -0.4 is 10.1 Å². The van der Waals surface area contributed by atoms with Crippen molar-refractivity contribution in [3.8, 4) is 11.6 Å². The van der Waals surface area contributed by atoms with Crippen molar-refractivity contribution in [2.24, 2.45) is 5.92 Å². The third-order valence-corrected chi connectivity index (χ3v) is 3.07. The SMILES string of the molecule is Cc1ccc(F)cc1Oc1ncccc1CNCC(C)C. The molecule has 2 aromatic rings. The minimum atomic E-state index is -0.314. The third-order valence-electron chi connectivity index (χ3n) is 3.07. The molecule has 0 spiro atoms. The van der Waals surface area contributed by atoms with Crippen molar-refractivity contribution >= 4 is 0 Å². The normalized spacial score (nSPS) is 10.9. The summed E-state index contributed by atoms with van der Waals surface area (Å²) in [5.74, 6) is 1.28. The number of ether oxygens (including phenoxy) is 1. The van der Waals surface area contributed by atoms with Gasteiger partial charge in [-0.25, -0.2) is 9.37 Å². The molecule has 0 saturated carbocycles. The average molecular weight is 288 g/mol. The van der Waals surface area contributed by atoms with Crippen LogP contribution in [0, 0.1) is 18.7 Å². The lowest BCUT2D eigenvalue weighted by molar-refractivity contribution is 0.443. The number of benzene rings is 1. The number of hydrogen-bond donors (Lipinski definition) is 1. The van der Waals surface area contributed by atoms with E-state index in [0.29, 0.717) is 24.1 Å². The van der Waals surface area contributed by atoms with E-state index in [2.05, 4.69) is 24.1 Å². The van der Waals surface area contributed by atoms with Crippen LogP contribution in [0.1, 0.15) is 25.0 Å². The fraction of sp³-hybridized carbons (Fsp3) is 0.353. The Balaban J connectivity index is 2.14. The topological polar surface area (TPSA) is 34.1 Å². The van der Waals surface area contributed by atoms with Gasteiger partial charge in [-0.05, 0) is 37.1 Å². The summed E-state index contributed by atoms with van der Waals surface area (Å²) in [5, 5.41) is 3.36. The molecule has 4 heteroatoms. The van der Waals surface area contributed by atoms with Crippen LogP contribution in [0.4, 0.5) is 4.39 Å². The number of rotatable bonds is 6. The number of aromatic nitrogens is 1. The minimum absolute atomic E-state index is 0.314. The highest BCUT2D eigenvalue weighted by molar-refractivity contribution is 5.37. The zero-order valence-corrected chi connectivity index (χ0v) is 12.7. The molecule has 0 aliphatic rings. The molecule has 112 valence electrons. The van der Waals surface area contributed by atoms with E-state index in [-0.39, 0.29) is 5.82 Å². The van der Waals surface area contributed by atoms with Gasteiger partial charge in [-0.15, -0.1) is 0 Å². The first kappa shape index (κ1) is 15.4. The van der Waals surface area contributed by atoms with Gasteiger partial charge in [0.1, 0.15) is 11.6 Å². The van der Waals surface area contributed by atoms with E-state index in [4.69, 9.17) is 4.74 Å². The highest BCUT2D eigenvalue weighted by Gasteiger charge is 2.09. The second kappa shape index (κ2) is 7.18. The van der Waals surface area contributed by atoms with Gasteiger partial charge in [0.2, 0.25) is 5.88 Å². The maximum atomic E-state index is 13.3. The van der Waals surface area contributed by atoms with Gasteiger partial charge in [-0.1, -0.05) is 26.0 Å². The molecule has 21 heavy (non-hydrogen) atoms. The Labute approximate surface area is 125 Å². The highest BCUT2D eigenvalue weighted by atomic mass is 19.1. The quantitative estimate of drug-likeness (QED) is 0.870. The fourth-order valence-electron chi connectivity index (χ4n) is 1.93. The lowest BCUT2D eigenvalue weighted by Gasteiger charge is -2.13. The molecule has 1 aromatic heterocycles. The molecular formula is C17H21FN2O. The predicted molar refractivity (Wildman–Crippen MR) is 82.0 cm³/mol. The van der Waals surface area contributed by atoms with Gasteiger partial charge in [0.05, 0.1) is 0 Å². The Hall–Kier alpha value is -1.94. The summed E-state index contributed by atoms with van der Waals surface area (Å²) in [6, 6.07) is 8.34. The van der Waals surface area contributed by atoms with Crippen molar-refractivity contribution in [1.29, 1.82) is 0 Å². The zero-order valence-electron chi connectivity index (χ0n) is 12.7. The van der Waals surface area contributed by atoms with Crippen LogP contribution in [0.3, 0.4) is 0 Å². The zero-order chi connectivity index (χ0) is 15.2. The smallest absolute Gasteiger partial charge is 0.223 e. The van der Waals surface area contributed by atoms with Gasteiger partial charge in [0, 0.05) is 24.4 Å². The molecule has 1 aromatic carbocycles. The van der Waals surface area contributed by atoms with E-state index in [1.165, 1.54) is 12.1 Å². The van der Waals surface area contributed by atoms with Crippen LogP contribution in [-0.4, -0.2) is 11.5 Å². The molecule has 0 aliphatic heterocycles. The molecule has 3 nitrogen and oxygen atoms in total. The van der Waals surface area contributed by atoms with Gasteiger partial charge < -0.3 is 10.1 Å². The third kappa shape index (κ3) is 4.53. The molecule has 1 heterocycles. The number of aryl methyl sites for hydroxylation is 1. The second-order valence-corrected chi connectivity index (χ2v) is 5.50. The van der Waals surface area contributed by atoms with Crippen molar-refractivity contribution < 1.29 is 9.13 Å². The summed E-state index contributed by atoms with van der Waals surface area (Å²) < 4.78 is 19.1. The van der Waals surface area contributed by atoms with Gasteiger partial charge in [-0.3, -0.25) is 0 Å². The van der Waals surface area contributed by atoms with E-state index in [0.717, 1.165) is 17.7 Å². The van der Waals surface area contributed by atoms with Crippen molar-refractivity contribution in [3.05, 3.63) is 53.5 Å². The van der Waals surface area contributed by atoms with E-state index in [1.807, 2.05) is 19.1 Å². The van der Waals surface area contributed by atoms with Crippen molar-refractivity contribution in [3.63, 3.8) is 0 Å². The summed E-state index contributed by atoms with van der Waals surface area (Å²) in [5.41, 5.74) is 1.84. The molecule has 0 aliphatic carbocycles. The lowest BCUT2D eigenvalue weighted by atomic mass is 10.2. The number of nitrogens with zero attached hydrogens (tertiary/aromatic N) is 1. The summed E-state index contributed by atoms with van der Waals surface area (Å²) in [7, 11) is 0. The van der Waals surface area contributed by atoms with Crippen LogP contribution in [-0.2, 0) is 6.54 Å². The number of pyridine rings is 1. The van der Waals surface area contributed by atoms with Crippen LogP contribution in [0.2, 0.25) is 0 Å². The molecule has 1 N–H and O–H groups in total. The molecular weight excluding hydrogens is 267 g/mol. The maximum Gasteiger partial charge on any atom is 0.223 e. The van der Waals surface area contributed by atoms with E-state index >= 15 is 0 Å². The summed E-state index contributed by atoms with van der Waals surface area (Å²) in [4.78, 5) is 4.26. The second-order valence-electron chi connectivity index (χ2n) is 5.50. The first-order chi connectivity index (χ1) is 10.1. The molecule has 0 amide bonds. The number of nitrogens with one attached hydrogen (secondary N) is 1. The monoisotopic (exact) mass is 288 g/mol. The van der Waals surface area contributed by atoms with E-state index in [9.17, 15) is 4.39 Å².